The van der Waals surface area contributed by atoms with Crippen molar-refractivity contribution in [1.29, 1.82) is 0 Å². The SMILES string of the molecule is CC(C)c1cnnn1-c1cccc(NC(=O)c2ccc(Br)cc2)c1. The molecule has 0 aliphatic carbocycles. The Hall–Kier alpha value is -2.47. The van der Waals surface area contributed by atoms with Gasteiger partial charge in [-0.15, -0.1) is 5.10 Å². The number of hydrogen-bond acceptors (Lipinski definition) is 3. The van der Waals surface area contributed by atoms with E-state index in [4.69, 9.17) is 0 Å². The Balaban J connectivity index is 1.84. The molecular weight excluding hydrogens is 368 g/mol. The summed E-state index contributed by atoms with van der Waals surface area (Å²) >= 11 is 3.36. The minimum Gasteiger partial charge on any atom is -0.322 e. The molecule has 3 rings (SSSR count). The molecule has 0 saturated heterocycles. The lowest BCUT2D eigenvalue weighted by atomic mass is 10.1. The minimum atomic E-state index is -0.151. The van der Waals surface area contributed by atoms with Crippen LogP contribution in [0.2, 0.25) is 0 Å². The predicted molar refractivity (Wildman–Crippen MR) is 97.5 cm³/mol. The average molecular weight is 385 g/mol. The van der Waals surface area contributed by atoms with E-state index >= 15 is 0 Å². The van der Waals surface area contributed by atoms with Gasteiger partial charge < -0.3 is 5.32 Å². The molecule has 1 aromatic heterocycles. The van der Waals surface area contributed by atoms with Gasteiger partial charge >= 0.3 is 0 Å². The minimum absolute atomic E-state index is 0.151. The number of anilines is 1. The lowest BCUT2D eigenvalue weighted by Crippen LogP contribution is -2.12. The number of rotatable bonds is 4. The maximum absolute atomic E-state index is 12.3. The van der Waals surface area contributed by atoms with Crippen LogP contribution in [0.3, 0.4) is 0 Å². The third-order valence-electron chi connectivity index (χ3n) is 3.62. The number of nitrogens with one attached hydrogen (secondary N) is 1. The molecule has 0 radical (unpaired) electrons. The van der Waals surface area contributed by atoms with Crippen LogP contribution in [0.5, 0.6) is 0 Å². The second-order valence-corrected chi connectivity index (χ2v) is 6.65. The van der Waals surface area contributed by atoms with Crippen LogP contribution < -0.4 is 5.32 Å². The number of aromatic nitrogens is 3. The fourth-order valence-electron chi connectivity index (χ4n) is 2.36. The normalized spacial score (nSPS) is 10.8. The molecule has 0 saturated carbocycles. The number of nitrogens with zero attached hydrogens (tertiary/aromatic N) is 3. The Morgan fingerprint density at radius 1 is 1.17 bits per heavy atom. The highest BCUT2D eigenvalue weighted by atomic mass is 79.9. The first-order valence-electron chi connectivity index (χ1n) is 7.62. The van der Waals surface area contributed by atoms with Gasteiger partial charge in [-0.2, -0.15) is 0 Å². The average Bonchev–Trinajstić information content (AvgIpc) is 3.05. The molecule has 24 heavy (non-hydrogen) atoms. The summed E-state index contributed by atoms with van der Waals surface area (Å²) in [5.74, 6) is 0.156. The van der Waals surface area contributed by atoms with Crippen LogP contribution in [0.4, 0.5) is 5.69 Å². The largest absolute Gasteiger partial charge is 0.322 e. The van der Waals surface area contributed by atoms with Crippen molar-refractivity contribution in [2.45, 2.75) is 19.8 Å². The van der Waals surface area contributed by atoms with Crippen LogP contribution in [0.15, 0.2) is 59.2 Å². The van der Waals surface area contributed by atoms with E-state index in [1.165, 1.54) is 0 Å². The number of carbonyl (C=O) groups excluding carboxylic acids is 1. The van der Waals surface area contributed by atoms with Crippen LogP contribution in [0, 0.1) is 0 Å². The number of amides is 1. The maximum atomic E-state index is 12.3. The van der Waals surface area contributed by atoms with Gasteiger partial charge in [-0.05, 0) is 48.4 Å². The summed E-state index contributed by atoms with van der Waals surface area (Å²) in [5.41, 5.74) is 3.20. The van der Waals surface area contributed by atoms with Crippen molar-refractivity contribution in [2.75, 3.05) is 5.32 Å². The van der Waals surface area contributed by atoms with Gasteiger partial charge in [-0.3, -0.25) is 4.79 Å². The third-order valence-corrected chi connectivity index (χ3v) is 4.15. The predicted octanol–water partition coefficient (Wildman–Crippen LogP) is 4.41. The Bertz CT molecular complexity index is 855. The monoisotopic (exact) mass is 384 g/mol. The van der Waals surface area contributed by atoms with E-state index in [9.17, 15) is 4.79 Å². The van der Waals surface area contributed by atoms with E-state index in [-0.39, 0.29) is 5.91 Å². The summed E-state index contributed by atoms with van der Waals surface area (Å²) in [6, 6.07) is 14.8. The summed E-state index contributed by atoms with van der Waals surface area (Å²) in [6.45, 7) is 4.18. The van der Waals surface area contributed by atoms with Gasteiger partial charge in [-0.25, -0.2) is 4.68 Å². The Kier molecular flexibility index (Phi) is 4.76. The lowest BCUT2D eigenvalue weighted by Gasteiger charge is -2.11. The van der Waals surface area contributed by atoms with E-state index < -0.39 is 0 Å². The second kappa shape index (κ2) is 6.97. The van der Waals surface area contributed by atoms with Crippen molar-refractivity contribution in [2.24, 2.45) is 0 Å². The molecule has 1 heterocycles. The quantitative estimate of drug-likeness (QED) is 0.724. The number of hydrogen-bond donors (Lipinski definition) is 1. The second-order valence-electron chi connectivity index (χ2n) is 5.74. The summed E-state index contributed by atoms with van der Waals surface area (Å²) < 4.78 is 2.73. The highest BCUT2D eigenvalue weighted by Gasteiger charge is 2.11. The van der Waals surface area contributed by atoms with Crippen LogP contribution in [-0.4, -0.2) is 20.9 Å². The molecule has 1 N–H and O–H groups in total. The summed E-state index contributed by atoms with van der Waals surface area (Å²) in [5, 5.41) is 11.0. The Morgan fingerprint density at radius 3 is 2.62 bits per heavy atom. The highest BCUT2D eigenvalue weighted by molar-refractivity contribution is 9.10. The van der Waals surface area contributed by atoms with Gasteiger partial charge in [-0.1, -0.05) is 41.1 Å². The zero-order valence-electron chi connectivity index (χ0n) is 13.4. The first kappa shape index (κ1) is 16.4. The molecule has 0 unspecified atom stereocenters. The molecule has 3 aromatic rings. The van der Waals surface area contributed by atoms with E-state index in [0.717, 1.165) is 15.9 Å². The fourth-order valence-corrected chi connectivity index (χ4v) is 2.62. The molecule has 5 nitrogen and oxygen atoms in total. The summed E-state index contributed by atoms with van der Waals surface area (Å²) in [6.07, 6.45) is 1.76. The fraction of sp³-hybridized carbons (Fsp3) is 0.167. The molecule has 2 aromatic carbocycles. The van der Waals surface area contributed by atoms with Crippen LogP contribution in [0.25, 0.3) is 5.69 Å². The molecule has 122 valence electrons. The molecular formula is C18H17BrN4O. The van der Waals surface area contributed by atoms with Gasteiger partial charge in [0.1, 0.15) is 0 Å². The lowest BCUT2D eigenvalue weighted by molar-refractivity contribution is 0.102. The van der Waals surface area contributed by atoms with E-state index in [1.807, 2.05) is 36.4 Å². The number of benzene rings is 2. The molecule has 0 fully saturated rings. The van der Waals surface area contributed by atoms with Gasteiger partial charge in [0.05, 0.1) is 17.6 Å². The topological polar surface area (TPSA) is 59.8 Å². The van der Waals surface area contributed by atoms with Gasteiger partial charge in [0.25, 0.3) is 5.91 Å². The van der Waals surface area contributed by atoms with Gasteiger partial charge in [0.15, 0.2) is 0 Å². The molecule has 1 amide bonds. The standard InChI is InChI=1S/C18H17BrN4O/c1-12(2)17-11-20-22-23(17)16-5-3-4-15(10-16)21-18(24)13-6-8-14(19)9-7-13/h3-12H,1-2H3,(H,21,24). The van der Waals surface area contributed by atoms with Crippen molar-refractivity contribution in [3.63, 3.8) is 0 Å². The number of carbonyl (C=O) groups is 1. The highest BCUT2D eigenvalue weighted by Crippen LogP contribution is 2.20. The molecule has 0 bridgehead atoms. The zero-order chi connectivity index (χ0) is 17.1. The van der Waals surface area contributed by atoms with Crippen LogP contribution >= 0.6 is 15.9 Å². The Morgan fingerprint density at radius 2 is 1.92 bits per heavy atom. The van der Waals surface area contributed by atoms with E-state index in [2.05, 4.69) is 45.4 Å². The molecule has 0 atom stereocenters. The smallest absolute Gasteiger partial charge is 0.255 e. The van der Waals surface area contributed by atoms with E-state index in [1.54, 1.807) is 23.0 Å². The van der Waals surface area contributed by atoms with E-state index in [0.29, 0.717) is 17.2 Å². The van der Waals surface area contributed by atoms with Gasteiger partial charge in [0, 0.05) is 15.7 Å². The molecule has 0 aliphatic heterocycles. The molecule has 6 heteroatoms. The first-order chi connectivity index (χ1) is 11.5. The summed E-state index contributed by atoms with van der Waals surface area (Å²) in [7, 11) is 0. The van der Waals surface area contributed by atoms with Crippen molar-refractivity contribution >= 4 is 27.5 Å². The van der Waals surface area contributed by atoms with Crippen molar-refractivity contribution < 1.29 is 4.79 Å². The first-order valence-corrected chi connectivity index (χ1v) is 8.42. The molecule has 0 spiro atoms. The zero-order valence-corrected chi connectivity index (χ0v) is 15.0. The third kappa shape index (κ3) is 3.54. The Labute approximate surface area is 148 Å². The van der Waals surface area contributed by atoms with Crippen LogP contribution in [-0.2, 0) is 0 Å². The van der Waals surface area contributed by atoms with Gasteiger partial charge in [0.2, 0.25) is 0 Å². The maximum Gasteiger partial charge on any atom is 0.255 e. The van der Waals surface area contributed by atoms with Crippen LogP contribution in [0.1, 0.15) is 35.8 Å². The van der Waals surface area contributed by atoms with Crippen molar-refractivity contribution in [3.8, 4) is 5.69 Å². The molecule has 0 aliphatic rings. The number of halogens is 1. The van der Waals surface area contributed by atoms with Crippen molar-refractivity contribution in [3.05, 3.63) is 70.5 Å². The summed E-state index contributed by atoms with van der Waals surface area (Å²) in [4.78, 5) is 12.3. The van der Waals surface area contributed by atoms with Crippen molar-refractivity contribution in [1.82, 2.24) is 15.0 Å².